The number of hydrogen-bond acceptors (Lipinski definition) is 4. The summed E-state index contributed by atoms with van der Waals surface area (Å²) in [7, 11) is 0. The van der Waals surface area contributed by atoms with E-state index in [1.807, 2.05) is 25.2 Å². The summed E-state index contributed by atoms with van der Waals surface area (Å²) in [5.41, 5.74) is 3.58. The van der Waals surface area contributed by atoms with E-state index in [9.17, 15) is 15.3 Å². The average Bonchev–Trinajstić information content (AvgIpc) is 3.47. The minimum absolute atomic E-state index is 0.102. The van der Waals surface area contributed by atoms with E-state index in [4.69, 9.17) is 4.74 Å². The lowest BCUT2D eigenvalue weighted by Crippen LogP contribution is -2.46. The molecular weight excluding hydrogens is 532 g/mol. The number of hydrogen-bond donors (Lipinski definition) is 3. The van der Waals surface area contributed by atoms with E-state index in [2.05, 4.69) is 116 Å². The fourth-order valence-electron chi connectivity index (χ4n) is 7.30. The molecule has 5 atom stereocenters. The molecule has 1 heterocycles. The third kappa shape index (κ3) is 8.57. The SMILES string of the molecule is CC(/C=C/C=C(C)/C=C/[C@@]12O[C@]1(C)C[C@H](O)CC2(C)C)=C\C=C\C=C(C)\C=C\C=C(C)\C=C1/C(C)(C)C[C@@H](O)C[C@@]1(C)O. The van der Waals surface area contributed by atoms with Gasteiger partial charge in [-0.3, -0.25) is 0 Å². The van der Waals surface area contributed by atoms with E-state index >= 15 is 0 Å². The first-order chi connectivity index (χ1) is 19.8. The smallest absolute Gasteiger partial charge is 0.121 e. The summed E-state index contributed by atoms with van der Waals surface area (Å²) in [4.78, 5) is 0. The largest absolute Gasteiger partial charge is 0.393 e. The number of ether oxygens (including phenoxy) is 1. The summed E-state index contributed by atoms with van der Waals surface area (Å²) in [6.07, 6.45) is 28.8. The van der Waals surface area contributed by atoms with Crippen molar-refractivity contribution < 1.29 is 20.1 Å². The van der Waals surface area contributed by atoms with Crippen molar-refractivity contribution in [2.75, 3.05) is 0 Å². The molecule has 0 radical (unpaired) electrons. The molecule has 3 rings (SSSR count). The Kier molecular flexibility index (Phi) is 10.8. The first kappa shape index (κ1) is 35.0. The standard InChI is InChI=1S/C39H56O4/c1-28(17-13-19-30(3)21-22-39-36(7,8)25-33(41)27-38(39,10)43-39)15-11-12-16-29(2)18-14-20-31(4)23-34-35(5,6)24-32(40)26-37(34,9)42/h11-23,32-33,40-42H,24-27H2,1-10H3/b12-11+,17-13+,18-14+,22-21+,28-15+,29-16+,30-19+,31-20+,34-23+/t32-,33-,37-,38-,39+/m1/s1. The molecule has 1 saturated heterocycles. The van der Waals surface area contributed by atoms with Gasteiger partial charge in [-0.25, -0.2) is 0 Å². The molecular formula is C39H56O4. The van der Waals surface area contributed by atoms with Crippen molar-refractivity contribution in [1.82, 2.24) is 0 Å². The van der Waals surface area contributed by atoms with E-state index in [0.29, 0.717) is 19.3 Å². The van der Waals surface area contributed by atoms with Crippen molar-refractivity contribution >= 4 is 0 Å². The lowest BCUT2D eigenvalue weighted by Gasteiger charge is -2.45. The lowest BCUT2D eigenvalue weighted by atomic mass is 9.63. The molecule has 0 bridgehead atoms. The first-order valence-corrected chi connectivity index (χ1v) is 15.7. The van der Waals surface area contributed by atoms with Gasteiger partial charge < -0.3 is 20.1 Å². The third-order valence-corrected chi connectivity index (χ3v) is 9.41. The Morgan fingerprint density at radius 2 is 1.14 bits per heavy atom. The maximum atomic E-state index is 10.9. The Labute approximate surface area is 261 Å². The van der Waals surface area contributed by atoms with Crippen LogP contribution in [0.15, 0.2) is 107 Å². The van der Waals surface area contributed by atoms with Crippen molar-refractivity contribution in [1.29, 1.82) is 0 Å². The fraction of sp³-hybridized carbons (Fsp3) is 0.538. The molecule has 0 aromatic heterocycles. The van der Waals surface area contributed by atoms with Crippen LogP contribution in [0.5, 0.6) is 0 Å². The Morgan fingerprint density at radius 1 is 0.651 bits per heavy atom. The van der Waals surface area contributed by atoms with Crippen molar-refractivity contribution in [3.05, 3.63) is 107 Å². The molecule has 2 saturated carbocycles. The van der Waals surface area contributed by atoms with Gasteiger partial charge in [-0.2, -0.15) is 0 Å². The summed E-state index contributed by atoms with van der Waals surface area (Å²) in [6, 6.07) is 0. The second kappa shape index (κ2) is 13.2. The van der Waals surface area contributed by atoms with Crippen LogP contribution in [-0.2, 0) is 4.74 Å². The first-order valence-electron chi connectivity index (χ1n) is 15.7. The summed E-state index contributed by atoms with van der Waals surface area (Å²) in [5.74, 6) is 0. The molecule has 0 aromatic rings. The van der Waals surface area contributed by atoms with Crippen LogP contribution in [-0.4, -0.2) is 44.3 Å². The predicted octanol–water partition coefficient (Wildman–Crippen LogP) is 8.56. The second-order valence-corrected chi connectivity index (χ2v) is 14.9. The van der Waals surface area contributed by atoms with E-state index in [1.165, 1.54) is 0 Å². The molecule has 0 amide bonds. The molecule has 0 unspecified atom stereocenters. The van der Waals surface area contributed by atoms with Crippen LogP contribution in [0, 0.1) is 10.8 Å². The molecule has 4 heteroatoms. The zero-order valence-corrected chi connectivity index (χ0v) is 28.2. The summed E-state index contributed by atoms with van der Waals surface area (Å²) in [6.45, 7) is 20.8. The highest BCUT2D eigenvalue weighted by Gasteiger charge is 2.74. The van der Waals surface area contributed by atoms with E-state index < -0.39 is 11.7 Å². The minimum Gasteiger partial charge on any atom is -0.393 e. The van der Waals surface area contributed by atoms with E-state index in [-0.39, 0.29) is 28.1 Å². The summed E-state index contributed by atoms with van der Waals surface area (Å²) < 4.78 is 6.24. The van der Waals surface area contributed by atoms with Gasteiger partial charge in [0.2, 0.25) is 0 Å². The molecule has 0 aromatic carbocycles. The maximum Gasteiger partial charge on any atom is 0.121 e. The number of fused-ring (bicyclic) bond motifs is 1. The van der Waals surface area contributed by atoms with Gasteiger partial charge in [-0.15, -0.1) is 0 Å². The summed E-state index contributed by atoms with van der Waals surface area (Å²) in [5, 5.41) is 31.3. The zero-order chi connectivity index (χ0) is 32.3. The van der Waals surface area contributed by atoms with Crippen LogP contribution in [0.1, 0.15) is 94.9 Å². The van der Waals surface area contributed by atoms with Gasteiger partial charge in [-0.1, -0.05) is 123 Å². The van der Waals surface area contributed by atoms with Gasteiger partial charge >= 0.3 is 0 Å². The highest BCUT2D eigenvalue weighted by Crippen LogP contribution is 2.66. The zero-order valence-electron chi connectivity index (χ0n) is 28.2. The highest BCUT2D eigenvalue weighted by atomic mass is 16.6. The molecule has 0 spiro atoms. The van der Waals surface area contributed by atoms with E-state index in [1.54, 1.807) is 6.92 Å². The minimum atomic E-state index is -1.00. The maximum absolute atomic E-state index is 10.9. The molecule has 1 aliphatic heterocycles. The van der Waals surface area contributed by atoms with Gasteiger partial charge in [0.1, 0.15) is 11.2 Å². The molecule has 4 nitrogen and oxygen atoms in total. The van der Waals surface area contributed by atoms with E-state index in [0.717, 1.165) is 34.3 Å². The number of rotatable bonds is 9. The molecule has 3 N–H and O–H groups in total. The predicted molar refractivity (Wildman–Crippen MR) is 181 cm³/mol. The van der Waals surface area contributed by atoms with Crippen LogP contribution in [0.2, 0.25) is 0 Å². The Bertz CT molecular complexity index is 1290. The second-order valence-electron chi connectivity index (χ2n) is 14.9. The monoisotopic (exact) mass is 588 g/mol. The van der Waals surface area contributed by atoms with Gasteiger partial charge in [0.25, 0.3) is 0 Å². The van der Waals surface area contributed by atoms with Crippen LogP contribution >= 0.6 is 0 Å². The number of allylic oxidation sites excluding steroid dienone is 16. The van der Waals surface area contributed by atoms with Gasteiger partial charge in [-0.05, 0) is 71.4 Å². The van der Waals surface area contributed by atoms with Crippen molar-refractivity contribution in [3.63, 3.8) is 0 Å². The highest BCUT2D eigenvalue weighted by molar-refractivity contribution is 5.38. The molecule has 3 aliphatic rings. The van der Waals surface area contributed by atoms with Gasteiger partial charge in [0, 0.05) is 18.3 Å². The Balaban J connectivity index is 1.53. The van der Waals surface area contributed by atoms with Crippen molar-refractivity contribution in [2.45, 2.75) is 124 Å². The Hall–Kier alpha value is -2.50. The van der Waals surface area contributed by atoms with Crippen LogP contribution in [0.25, 0.3) is 0 Å². The quantitative estimate of drug-likeness (QED) is 0.186. The summed E-state index contributed by atoms with van der Waals surface area (Å²) >= 11 is 0. The number of aliphatic hydroxyl groups excluding tert-OH is 2. The van der Waals surface area contributed by atoms with Crippen LogP contribution < -0.4 is 0 Å². The number of epoxide rings is 1. The lowest BCUT2D eigenvalue weighted by molar-refractivity contribution is -0.0271. The molecule has 236 valence electrons. The molecule has 3 fully saturated rings. The normalized spacial score (nSPS) is 36.4. The molecule has 2 aliphatic carbocycles. The number of aliphatic hydroxyl groups is 3. The van der Waals surface area contributed by atoms with Gasteiger partial charge in [0.15, 0.2) is 0 Å². The van der Waals surface area contributed by atoms with Crippen LogP contribution in [0.3, 0.4) is 0 Å². The van der Waals surface area contributed by atoms with Crippen molar-refractivity contribution in [3.8, 4) is 0 Å². The van der Waals surface area contributed by atoms with Gasteiger partial charge in [0.05, 0.1) is 17.8 Å². The van der Waals surface area contributed by atoms with Crippen molar-refractivity contribution in [2.24, 2.45) is 10.8 Å². The molecule has 43 heavy (non-hydrogen) atoms. The fourth-order valence-corrected chi connectivity index (χ4v) is 7.30. The Morgan fingerprint density at radius 3 is 1.67 bits per heavy atom. The topological polar surface area (TPSA) is 73.2 Å². The average molecular weight is 589 g/mol. The third-order valence-electron chi connectivity index (χ3n) is 9.41. The van der Waals surface area contributed by atoms with Crippen LogP contribution in [0.4, 0.5) is 0 Å².